The van der Waals surface area contributed by atoms with Crippen LogP contribution in [0.1, 0.15) is 37.4 Å². The van der Waals surface area contributed by atoms with E-state index in [9.17, 15) is 0 Å². The molecule has 0 saturated carbocycles. The Hall–Kier alpha value is -1.09. The topological polar surface area (TPSA) is 36.4 Å². The maximum Gasteiger partial charge on any atom is 0.128 e. The number of aryl methyl sites for hydroxylation is 2. The molecule has 0 amide bonds. The summed E-state index contributed by atoms with van der Waals surface area (Å²) >= 11 is 0. The van der Waals surface area contributed by atoms with Gasteiger partial charge in [-0.1, -0.05) is 19.4 Å². The average Bonchev–Trinajstić information content (AvgIpc) is 2.81. The molecule has 1 aromatic rings. The lowest BCUT2D eigenvalue weighted by Crippen LogP contribution is -2.28. The van der Waals surface area contributed by atoms with Crippen LogP contribution in [0.4, 0.5) is 5.82 Å². The normalized spacial score (nSPS) is 13.8. The first-order valence-electron chi connectivity index (χ1n) is 6.69. The lowest BCUT2D eigenvalue weighted by molar-refractivity contribution is 0.301. The summed E-state index contributed by atoms with van der Waals surface area (Å²) in [7, 11) is 0. The number of aliphatic hydroxyl groups excluding tert-OH is 1. The highest BCUT2D eigenvalue weighted by Gasteiger charge is 2.14. The summed E-state index contributed by atoms with van der Waals surface area (Å²) in [6, 6.07) is 4.32. The third kappa shape index (κ3) is 2.97. The van der Waals surface area contributed by atoms with Crippen molar-refractivity contribution in [2.45, 2.75) is 39.0 Å². The molecule has 1 N–H and O–H groups in total. The highest BCUT2D eigenvalue weighted by molar-refractivity contribution is 5.43. The van der Waals surface area contributed by atoms with E-state index in [4.69, 9.17) is 10.1 Å². The number of hydrogen-bond donors (Lipinski definition) is 1. The van der Waals surface area contributed by atoms with E-state index >= 15 is 0 Å². The van der Waals surface area contributed by atoms with Crippen LogP contribution in [0.3, 0.4) is 0 Å². The highest BCUT2D eigenvalue weighted by atomic mass is 16.3. The van der Waals surface area contributed by atoms with Crippen LogP contribution in [0, 0.1) is 0 Å². The fourth-order valence-corrected chi connectivity index (χ4v) is 2.40. The van der Waals surface area contributed by atoms with Crippen LogP contribution in [0.5, 0.6) is 0 Å². The number of rotatable bonds is 6. The predicted octanol–water partition coefficient (Wildman–Crippen LogP) is 2.17. The van der Waals surface area contributed by atoms with E-state index in [2.05, 4.69) is 24.0 Å². The van der Waals surface area contributed by atoms with Crippen LogP contribution in [-0.4, -0.2) is 29.8 Å². The van der Waals surface area contributed by atoms with Gasteiger partial charge in [0.05, 0.1) is 6.61 Å². The van der Waals surface area contributed by atoms with Crippen molar-refractivity contribution < 1.29 is 5.11 Å². The van der Waals surface area contributed by atoms with Crippen molar-refractivity contribution in [2.75, 3.05) is 24.6 Å². The minimum atomic E-state index is 0.197. The van der Waals surface area contributed by atoms with Crippen molar-refractivity contribution in [1.82, 2.24) is 4.98 Å². The van der Waals surface area contributed by atoms with Crippen molar-refractivity contribution in [3.05, 3.63) is 23.4 Å². The third-order valence-electron chi connectivity index (χ3n) is 3.39. The van der Waals surface area contributed by atoms with E-state index in [0.717, 1.165) is 25.2 Å². The van der Waals surface area contributed by atoms with E-state index in [0.29, 0.717) is 6.54 Å². The zero-order chi connectivity index (χ0) is 12.1. The number of aliphatic hydroxyl groups is 1. The molecule has 0 unspecified atom stereocenters. The van der Waals surface area contributed by atoms with E-state index < -0.39 is 0 Å². The van der Waals surface area contributed by atoms with E-state index in [1.807, 2.05) is 0 Å². The molecule has 0 bridgehead atoms. The first kappa shape index (κ1) is 12.4. The Bertz CT molecular complexity index is 365. The fourth-order valence-electron chi connectivity index (χ4n) is 2.40. The third-order valence-corrected chi connectivity index (χ3v) is 3.39. The molecule has 94 valence electrons. The first-order valence-corrected chi connectivity index (χ1v) is 6.69. The quantitative estimate of drug-likeness (QED) is 0.819. The van der Waals surface area contributed by atoms with Crippen LogP contribution >= 0.6 is 0 Å². The zero-order valence-electron chi connectivity index (χ0n) is 10.7. The molecular weight excluding hydrogens is 212 g/mol. The smallest absolute Gasteiger partial charge is 0.128 e. The first-order chi connectivity index (χ1) is 8.35. The Morgan fingerprint density at radius 2 is 2.18 bits per heavy atom. The Labute approximate surface area is 103 Å². The molecule has 0 aromatic carbocycles. The number of pyridine rings is 1. The van der Waals surface area contributed by atoms with Crippen molar-refractivity contribution in [3.63, 3.8) is 0 Å². The average molecular weight is 234 g/mol. The summed E-state index contributed by atoms with van der Waals surface area (Å²) in [5, 5.41) is 9.12. The van der Waals surface area contributed by atoms with Crippen molar-refractivity contribution >= 4 is 5.82 Å². The lowest BCUT2D eigenvalue weighted by Gasteiger charge is -2.23. The molecule has 0 atom stereocenters. The Balaban J connectivity index is 2.11. The molecule has 0 fully saturated rings. The van der Waals surface area contributed by atoms with Gasteiger partial charge in [-0.25, -0.2) is 4.98 Å². The number of nitrogens with zero attached hydrogens (tertiary/aromatic N) is 2. The summed E-state index contributed by atoms with van der Waals surface area (Å²) in [6.45, 7) is 4.06. The summed E-state index contributed by atoms with van der Waals surface area (Å²) in [5.74, 6) is 1.04. The number of hydrogen-bond acceptors (Lipinski definition) is 3. The zero-order valence-corrected chi connectivity index (χ0v) is 10.7. The molecule has 0 saturated heterocycles. The van der Waals surface area contributed by atoms with Gasteiger partial charge in [0, 0.05) is 18.8 Å². The minimum Gasteiger partial charge on any atom is -0.395 e. The Kier molecular flexibility index (Phi) is 4.37. The van der Waals surface area contributed by atoms with Crippen LogP contribution in [0.25, 0.3) is 0 Å². The SMILES string of the molecule is CCCCN(CCO)c1ccc2c(n1)CCC2. The molecule has 17 heavy (non-hydrogen) atoms. The second kappa shape index (κ2) is 6.01. The van der Waals surface area contributed by atoms with Gasteiger partial charge in [0.25, 0.3) is 0 Å². The fraction of sp³-hybridized carbons (Fsp3) is 0.643. The maximum absolute atomic E-state index is 9.12. The van der Waals surface area contributed by atoms with Gasteiger partial charge in [-0.2, -0.15) is 0 Å². The number of unbranched alkanes of at least 4 members (excludes halogenated alkanes) is 1. The minimum absolute atomic E-state index is 0.197. The van der Waals surface area contributed by atoms with Crippen molar-refractivity contribution in [2.24, 2.45) is 0 Å². The molecular formula is C14H22N2O. The van der Waals surface area contributed by atoms with Crippen LogP contribution < -0.4 is 4.90 Å². The van der Waals surface area contributed by atoms with Gasteiger partial charge < -0.3 is 10.0 Å². The molecule has 3 nitrogen and oxygen atoms in total. The number of fused-ring (bicyclic) bond motifs is 1. The van der Waals surface area contributed by atoms with Gasteiger partial charge >= 0.3 is 0 Å². The summed E-state index contributed by atoms with van der Waals surface area (Å²) < 4.78 is 0. The number of anilines is 1. The van der Waals surface area contributed by atoms with Gasteiger partial charge in [0.1, 0.15) is 5.82 Å². The number of aromatic nitrogens is 1. The Morgan fingerprint density at radius 3 is 2.94 bits per heavy atom. The van der Waals surface area contributed by atoms with Gasteiger partial charge in [-0.3, -0.25) is 0 Å². The molecule has 1 heterocycles. The van der Waals surface area contributed by atoms with E-state index in [1.165, 1.54) is 30.5 Å². The van der Waals surface area contributed by atoms with Crippen molar-refractivity contribution in [1.29, 1.82) is 0 Å². The lowest BCUT2D eigenvalue weighted by atomic mass is 10.2. The van der Waals surface area contributed by atoms with Gasteiger partial charge in [-0.15, -0.1) is 0 Å². The molecule has 0 aliphatic heterocycles. The standard InChI is InChI=1S/C14H22N2O/c1-2-3-9-16(10-11-17)14-8-7-12-5-4-6-13(12)15-14/h7-8,17H,2-6,9-11H2,1H3. The van der Waals surface area contributed by atoms with Crippen molar-refractivity contribution in [3.8, 4) is 0 Å². The molecule has 1 aromatic heterocycles. The van der Waals surface area contributed by atoms with E-state index in [-0.39, 0.29) is 6.61 Å². The Morgan fingerprint density at radius 1 is 1.29 bits per heavy atom. The van der Waals surface area contributed by atoms with Crippen LogP contribution in [-0.2, 0) is 12.8 Å². The van der Waals surface area contributed by atoms with Gasteiger partial charge in [0.15, 0.2) is 0 Å². The summed E-state index contributed by atoms with van der Waals surface area (Å²) in [4.78, 5) is 6.94. The largest absolute Gasteiger partial charge is 0.395 e. The summed E-state index contributed by atoms with van der Waals surface area (Å²) in [5.41, 5.74) is 2.68. The van der Waals surface area contributed by atoms with Gasteiger partial charge in [0.2, 0.25) is 0 Å². The molecule has 2 rings (SSSR count). The molecule has 0 radical (unpaired) electrons. The molecule has 3 heteroatoms. The van der Waals surface area contributed by atoms with E-state index in [1.54, 1.807) is 0 Å². The molecule has 1 aliphatic carbocycles. The highest BCUT2D eigenvalue weighted by Crippen LogP contribution is 2.23. The predicted molar refractivity (Wildman–Crippen MR) is 70.5 cm³/mol. The maximum atomic E-state index is 9.12. The monoisotopic (exact) mass is 234 g/mol. The van der Waals surface area contributed by atoms with Crippen LogP contribution in [0.15, 0.2) is 12.1 Å². The second-order valence-electron chi connectivity index (χ2n) is 4.69. The second-order valence-corrected chi connectivity index (χ2v) is 4.69. The van der Waals surface area contributed by atoms with Crippen LogP contribution in [0.2, 0.25) is 0 Å². The van der Waals surface area contributed by atoms with Gasteiger partial charge in [-0.05, 0) is 37.3 Å². The summed E-state index contributed by atoms with van der Waals surface area (Å²) in [6.07, 6.45) is 5.86. The molecule has 1 aliphatic rings. The molecule has 0 spiro atoms.